The summed E-state index contributed by atoms with van der Waals surface area (Å²) < 4.78 is 0. The summed E-state index contributed by atoms with van der Waals surface area (Å²) in [4.78, 5) is 10.2. The second-order valence-corrected chi connectivity index (χ2v) is 5.72. The zero-order valence-corrected chi connectivity index (χ0v) is 16.9. The molecule has 0 aliphatic heterocycles. The minimum Gasteiger partial charge on any atom is -1.00 e. The molecule has 0 aliphatic rings. The Morgan fingerprint density at radius 2 is 0.909 bits per heavy atom. The van der Waals surface area contributed by atoms with Crippen LogP contribution in [0.25, 0.3) is 0 Å². The molecule has 0 unspecified atom stereocenters. The average Bonchev–Trinajstić information content (AvgIpc) is 2.39. The van der Waals surface area contributed by atoms with Crippen LogP contribution in [-0.4, -0.2) is 23.3 Å². The van der Waals surface area contributed by atoms with E-state index in [2.05, 4.69) is 6.92 Å². The summed E-state index contributed by atoms with van der Waals surface area (Å²) in [6, 6.07) is 0. The van der Waals surface area contributed by atoms with Gasteiger partial charge in [0.2, 0.25) is 0 Å². The van der Waals surface area contributed by atoms with Gasteiger partial charge in [0, 0.05) is 5.97 Å². The summed E-state index contributed by atoms with van der Waals surface area (Å²) in [5.74, 6) is -0.904. The molecule has 0 aromatic rings. The molecule has 0 aromatic carbocycles. The molecule has 0 radical (unpaired) electrons. The van der Waals surface area contributed by atoms with Gasteiger partial charge in [0.1, 0.15) is 0 Å². The van der Waals surface area contributed by atoms with E-state index in [0.29, 0.717) is 0 Å². The number of halogens is 2. The Morgan fingerprint density at radius 1 is 0.636 bits per heavy atom. The third-order valence-corrected chi connectivity index (χ3v) is 3.73. The summed E-state index contributed by atoms with van der Waals surface area (Å²) in [7, 11) is 0. The SMILES string of the molecule is CCCCCCCCCCCCCCCCC(=O)[O-].[Al+3].[Cl-].[Cl-]. The first-order chi connectivity index (χ1) is 9.27. The van der Waals surface area contributed by atoms with Crippen LogP contribution in [0.4, 0.5) is 0 Å². The van der Waals surface area contributed by atoms with E-state index < -0.39 is 5.97 Å². The minimum absolute atomic E-state index is 0. The van der Waals surface area contributed by atoms with E-state index >= 15 is 0 Å². The normalized spacial score (nSPS) is 9.32. The minimum atomic E-state index is -0.904. The van der Waals surface area contributed by atoms with Crippen molar-refractivity contribution in [1.29, 1.82) is 0 Å². The van der Waals surface area contributed by atoms with Gasteiger partial charge in [-0.15, -0.1) is 0 Å². The Labute approximate surface area is 161 Å². The van der Waals surface area contributed by atoms with Gasteiger partial charge in [-0.2, -0.15) is 0 Å². The van der Waals surface area contributed by atoms with Gasteiger partial charge in [-0.3, -0.25) is 0 Å². The molecule has 0 aromatic heterocycles. The van der Waals surface area contributed by atoms with Crippen LogP contribution in [0.5, 0.6) is 0 Å². The van der Waals surface area contributed by atoms with Crippen LogP contribution >= 0.6 is 0 Å². The number of rotatable bonds is 15. The van der Waals surface area contributed by atoms with E-state index in [0.717, 1.165) is 12.8 Å². The number of carboxylic acid groups (broad SMARTS) is 1. The van der Waals surface area contributed by atoms with Gasteiger partial charge in [0.05, 0.1) is 0 Å². The molecule has 0 aliphatic carbocycles. The van der Waals surface area contributed by atoms with E-state index in [1.807, 2.05) is 0 Å². The first-order valence-electron chi connectivity index (χ1n) is 8.47. The molecule has 0 atom stereocenters. The van der Waals surface area contributed by atoms with Gasteiger partial charge in [-0.05, 0) is 12.8 Å². The molecular formula is C17H33AlCl2O2. The zero-order chi connectivity index (χ0) is 14.2. The molecule has 0 heterocycles. The Balaban J connectivity index is -0.000000540. The largest absolute Gasteiger partial charge is 3.00 e. The fraction of sp³-hybridized carbons (Fsp3) is 0.941. The molecule has 0 saturated carbocycles. The Bertz CT molecular complexity index is 205. The van der Waals surface area contributed by atoms with E-state index in [1.165, 1.54) is 77.0 Å². The quantitative estimate of drug-likeness (QED) is 0.254. The number of hydrogen-bond donors (Lipinski definition) is 0. The monoisotopic (exact) mass is 366 g/mol. The van der Waals surface area contributed by atoms with Crippen molar-refractivity contribution < 1.29 is 34.7 Å². The molecular weight excluding hydrogens is 334 g/mol. The Morgan fingerprint density at radius 3 is 1.18 bits per heavy atom. The summed E-state index contributed by atoms with van der Waals surface area (Å²) in [6.45, 7) is 2.26. The number of hydrogen-bond acceptors (Lipinski definition) is 2. The van der Waals surface area contributed by atoms with Gasteiger partial charge >= 0.3 is 17.4 Å². The summed E-state index contributed by atoms with van der Waals surface area (Å²) >= 11 is 0. The topological polar surface area (TPSA) is 40.1 Å². The maximum absolute atomic E-state index is 10.2. The van der Waals surface area contributed by atoms with Crippen molar-refractivity contribution in [3.05, 3.63) is 0 Å². The van der Waals surface area contributed by atoms with Crippen molar-refractivity contribution in [3.63, 3.8) is 0 Å². The van der Waals surface area contributed by atoms with Gasteiger partial charge in [-0.25, -0.2) is 0 Å². The molecule has 2 nitrogen and oxygen atoms in total. The molecule has 0 spiro atoms. The van der Waals surface area contributed by atoms with Crippen molar-refractivity contribution in [3.8, 4) is 0 Å². The van der Waals surface area contributed by atoms with Gasteiger partial charge in [-0.1, -0.05) is 90.4 Å². The molecule has 0 rings (SSSR count). The van der Waals surface area contributed by atoms with Gasteiger partial charge < -0.3 is 34.7 Å². The molecule has 0 N–H and O–H groups in total. The summed E-state index contributed by atoms with van der Waals surface area (Å²) in [5, 5.41) is 10.2. The van der Waals surface area contributed by atoms with Crippen LogP contribution in [0.3, 0.4) is 0 Å². The maximum Gasteiger partial charge on any atom is 3.00 e. The van der Waals surface area contributed by atoms with E-state index in [9.17, 15) is 9.90 Å². The standard InChI is InChI=1S/C17H34O2.Al.2ClH/c1-2-3-4-5-6-7-8-9-10-11-12-13-14-15-16-17(18)19;;;/h2-16H2,1H3,(H,18,19);;2*1H/q;+3;;/p-3. The second kappa shape index (κ2) is 26.5. The van der Waals surface area contributed by atoms with Crippen molar-refractivity contribution in [1.82, 2.24) is 0 Å². The summed E-state index contributed by atoms with van der Waals surface area (Å²) in [5.41, 5.74) is 0. The second-order valence-electron chi connectivity index (χ2n) is 5.72. The van der Waals surface area contributed by atoms with Crippen molar-refractivity contribution in [2.45, 2.75) is 103 Å². The smallest absolute Gasteiger partial charge is 1.00 e. The first kappa shape index (κ1) is 30.5. The van der Waals surface area contributed by atoms with Gasteiger partial charge in [0.15, 0.2) is 0 Å². The number of carbonyl (C=O) groups is 1. The third kappa shape index (κ3) is 28.7. The van der Waals surface area contributed by atoms with E-state index in [1.54, 1.807) is 0 Å². The molecule has 0 bridgehead atoms. The van der Waals surface area contributed by atoms with E-state index in [-0.39, 0.29) is 48.6 Å². The van der Waals surface area contributed by atoms with Crippen LogP contribution in [-0.2, 0) is 4.79 Å². The molecule has 0 saturated heterocycles. The molecule has 5 heteroatoms. The molecule has 130 valence electrons. The number of aliphatic carboxylic acids is 1. The fourth-order valence-corrected chi connectivity index (χ4v) is 2.46. The van der Waals surface area contributed by atoms with Crippen LogP contribution in [0, 0.1) is 0 Å². The average molecular weight is 367 g/mol. The number of unbranched alkanes of at least 4 members (excludes halogenated alkanes) is 13. The molecule has 0 fully saturated rings. The van der Waals surface area contributed by atoms with Gasteiger partial charge in [0.25, 0.3) is 0 Å². The van der Waals surface area contributed by atoms with Crippen LogP contribution in [0.15, 0.2) is 0 Å². The predicted molar refractivity (Wildman–Crippen MR) is 85.7 cm³/mol. The Hall–Kier alpha value is 0.582. The van der Waals surface area contributed by atoms with Crippen molar-refractivity contribution in [2.75, 3.05) is 0 Å². The maximum atomic E-state index is 10.2. The number of carbonyl (C=O) groups excluding carboxylic acids is 1. The predicted octanol–water partition coefficient (Wildman–Crippen LogP) is -1.77. The van der Waals surface area contributed by atoms with E-state index in [4.69, 9.17) is 0 Å². The Kier molecular flexibility index (Phi) is 36.7. The van der Waals surface area contributed by atoms with Crippen molar-refractivity contribution >= 4 is 23.3 Å². The zero-order valence-electron chi connectivity index (χ0n) is 14.3. The molecule has 0 amide bonds. The first-order valence-corrected chi connectivity index (χ1v) is 8.47. The number of carboxylic acids is 1. The summed E-state index contributed by atoms with van der Waals surface area (Å²) in [6.07, 6.45) is 18.4. The fourth-order valence-electron chi connectivity index (χ4n) is 2.46. The molecule has 22 heavy (non-hydrogen) atoms. The van der Waals surface area contributed by atoms with Crippen LogP contribution in [0.2, 0.25) is 0 Å². The van der Waals surface area contributed by atoms with Crippen molar-refractivity contribution in [2.24, 2.45) is 0 Å². The van der Waals surface area contributed by atoms with Crippen LogP contribution in [0.1, 0.15) is 103 Å². The third-order valence-electron chi connectivity index (χ3n) is 3.73. The van der Waals surface area contributed by atoms with Crippen LogP contribution < -0.4 is 29.9 Å².